The highest BCUT2D eigenvalue weighted by Crippen LogP contribution is 1.48. The zero-order valence-electron chi connectivity index (χ0n) is 3.44. The van der Waals surface area contributed by atoms with Crippen molar-refractivity contribution in [3.8, 4) is 0 Å². The second-order valence-electron chi connectivity index (χ2n) is 0.651. The fourth-order valence-electron chi connectivity index (χ4n) is 0.0645. The van der Waals surface area contributed by atoms with E-state index in [1.807, 2.05) is 5.48 Å². The number of rotatable bonds is 2. The molecule has 0 aliphatic carbocycles. The van der Waals surface area contributed by atoms with Crippen LogP contribution in [0.1, 0.15) is 0 Å². The first-order valence-corrected chi connectivity index (χ1v) is 1.39. The zero-order chi connectivity index (χ0) is 4.12. The molecule has 0 saturated heterocycles. The summed E-state index contributed by atoms with van der Waals surface area (Å²) >= 11 is 0. The van der Waals surface area contributed by atoms with E-state index in [0.717, 1.165) is 0 Å². The Hall–Kier alpha value is -0.380. The summed E-state index contributed by atoms with van der Waals surface area (Å²) in [6.45, 7) is 3.79. The van der Waals surface area contributed by atoms with Gasteiger partial charge in [0.15, 0.2) is 0 Å². The Morgan fingerprint density at radius 2 is 2.33 bits per heavy atom. The molecule has 0 aliphatic rings. The predicted octanol–water partition coefficient (Wildman–Crippen LogP) is -0.673. The Morgan fingerprint density at radius 3 is 2.33 bits per heavy atom. The van der Waals surface area contributed by atoms with Gasteiger partial charge in [0.25, 0.3) is 0 Å². The molecule has 4 N–H and O–H groups in total. The molecule has 6 heavy (non-hydrogen) atoms. The summed E-state index contributed by atoms with van der Waals surface area (Å²) in [6, 6.07) is 0. The second-order valence-corrected chi connectivity index (χ2v) is 0.651. The molecule has 0 saturated carbocycles. The summed E-state index contributed by atoms with van der Waals surface area (Å²) in [7, 11) is 0. The number of hydrogen-bond donors (Lipinski definition) is 2. The molecule has 0 unspecified atom stereocenters. The summed E-state index contributed by atoms with van der Waals surface area (Å²) in [5.74, 6) is 0. The van der Waals surface area contributed by atoms with Gasteiger partial charge in [-0.3, -0.25) is 0 Å². The molecule has 0 fully saturated rings. The van der Waals surface area contributed by atoms with Crippen molar-refractivity contribution in [3.63, 3.8) is 0 Å². The maximum atomic E-state index is 7.74. The monoisotopic (exact) mass is 91.1 g/mol. The van der Waals surface area contributed by atoms with Gasteiger partial charge in [-0.2, -0.15) is 0 Å². The molecule has 0 heterocycles. The molecule has 0 amide bonds. The average Bonchev–Trinajstić information content (AvgIpc) is 1.41. The van der Waals surface area contributed by atoms with Crippen molar-refractivity contribution in [2.24, 2.45) is 0 Å². The third kappa shape index (κ3) is 9.47. The van der Waals surface area contributed by atoms with Gasteiger partial charge in [-0.15, -0.1) is 6.58 Å². The van der Waals surface area contributed by atoms with Crippen LogP contribution in [0, 0.1) is 0 Å². The summed E-state index contributed by atoms with van der Waals surface area (Å²) in [6.07, 6.45) is 1.57. The quantitative estimate of drug-likeness (QED) is 0.349. The van der Waals surface area contributed by atoms with Crippen molar-refractivity contribution in [2.45, 2.75) is 0 Å². The van der Waals surface area contributed by atoms with Crippen molar-refractivity contribution in [3.05, 3.63) is 12.7 Å². The minimum absolute atomic E-state index is 0. The van der Waals surface area contributed by atoms with Crippen molar-refractivity contribution in [2.75, 3.05) is 6.54 Å². The highest BCUT2D eigenvalue weighted by Gasteiger charge is 1.58. The first-order chi connectivity index (χ1) is 2.41. The highest BCUT2D eigenvalue weighted by atomic mass is 16.5. The number of hydrogen-bond acceptors (Lipinski definition) is 2. The largest absolute Gasteiger partial charge is 0.412 e. The maximum Gasteiger partial charge on any atom is 0.0385 e. The van der Waals surface area contributed by atoms with Crippen LogP contribution in [-0.4, -0.2) is 17.2 Å². The van der Waals surface area contributed by atoms with Crippen molar-refractivity contribution >= 4 is 0 Å². The minimum Gasteiger partial charge on any atom is -0.412 e. The zero-order valence-corrected chi connectivity index (χ0v) is 3.44. The first-order valence-electron chi connectivity index (χ1n) is 1.39. The molecule has 3 nitrogen and oxygen atoms in total. The minimum atomic E-state index is 0. The molecular formula is C3H9NO2. The third-order valence-electron chi connectivity index (χ3n) is 0.236. The maximum absolute atomic E-state index is 7.74. The molecule has 3 heteroatoms. The van der Waals surface area contributed by atoms with Gasteiger partial charge in [0, 0.05) is 6.54 Å². The summed E-state index contributed by atoms with van der Waals surface area (Å²) in [4.78, 5) is 0. The Kier molecular flexibility index (Phi) is 13.5. The normalized spacial score (nSPS) is 6.17. The van der Waals surface area contributed by atoms with E-state index < -0.39 is 0 Å². The fraction of sp³-hybridized carbons (Fsp3) is 0.333. The van der Waals surface area contributed by atoms with Gasteiger partial charge in [0.05, 0.1) is 0 Å². The summed E-state index contributed by atoms with van der Waals surface area (Å²) in [5.41, 5.74) is 1.90. The lowest BCUT2D eigenvalue weighted by Crippen LogP contribution is -2.04. The standard InChI is InChI=1S/C3H7NO.H2O/c1-2-3-4-5;/h2,4-5H,1,3H2;1H2. The lowest BCUT2D eigenvalue weighted by atomic mass is 10.7. The van der Waals surface area contributed by atoms with Crippen molar-refractivity contribution < 1.29 is 10.7 Å². The van der Waals surface area contributed by atoms with Crippen LogP contribution in [-0.2, 0) is 0 Å². The lowest BCUT2D eigenvalue weighted by Gasteiger charge is -1.78. The van der Waals surface area contributed by atoms with Gasteiger partial charge in [-0.25, -0.2) is 5.48 Å². The van der Waals surface area contributed by atoms with Crippen molar-refractivity contribution in [1.29, 1.82) is 0 Å². The van der Waals surface area contributed by atoms with Crippen LogP contribution in [0.4, 0.5) is 0 Å². The van der Waals surface area contributed by atoms with Crippen LogP contribution in [0.15, 0.2) is 12.7 Å². The van der Waals surface area contributed by atoms with Crippen LogP contribution < -0.4 is 5.48 Å². The van der Waals surface area contributed by atoms with Crippen molar-refractivity contribution in [1.82, 2.24) is 5.48 Å². The van der Waals surface area contributed by atoms with Gasteiger partial charge in [-0.05, 0) is 0 Å². The predicted molar refractivity (Wildman–Crippen MR) is 23.6 cm³/mol. The van der Waals surface area contributed by atoms with E-state index in [-0.39, 0.29) is 5.48 Å². The molecule has 0 rings (SSSR count). The second kappa shape index (κ2) is 8.82. The highest BCUT2D eigenvalue weighted by molar-refractivity contribution is 4.65. The van der Waals surface area contributed by atoms with E-state index >= 15 is 0 Å². The molecule has 0 aliphatic heterocycles. The SMILES string of the molecule is C=CCNO.O. The Labute approximate surface area is 36.6 Å². The van der Waals surface area contributed by atoms with Gasteiger partial charge in [0.2, 0.25) is 0 Å². The molecule has 0 aromatic carbocycles. The molecule has 0 atom stereocenters. The van der Waals surface area contributed by atoms with Crippen LogP contribution >= 0.6 is 0 Å². The van der Waals surface area contributed by atoms with Gasteiger partial charge < -0.3 is 10.7 Å². The Balaban J connectivity index is 0. The Bertz CT molecular complexity index is 30.0. The van der Waals surface area contributed by atoms with E-state index in [1.54, 1.807) is 6.08 Å². The van der Waals surface area contributed by atoms with Crippen LogP contribution in [0.3, 0.4) is 0 Å². The lowest BCUT2D eigenvalue weighted by molar-refractivity contribution is 0.180. The molecule has 0 aromatic heterocycles. The van der Waals surface area contributed by atoms with Gasteiger partial charge >= 0.3 is 0 Å². The molecule has 38 valence electrons. The van der Waals surface area contributed by atoms with E-state index in [2.05, 4.69) is 6.58 Å². The molecule has 0 radical (unpaired) electrons. The third-order valence-corrected chi connectivity index (χ3v) is 0.236. The van der Waals surface area contributed by atoms with Crippen LogP contribution in [0.2, 0.25) is 0 Å². The van der Waals surface area contributed by atoms with E-state index in [0.29, 0.717) is 6.54 Å². The molecular weight excluding hydrogens is 82.0 g/mol. The summed E-state index contributed by atoms with van der Waals surface area (Å²) in [5, 5.41) is 7.74. The Morgan fingerprint density at radius 1 is 1.83 bits per heavy atom. The fourth-order valence-corrected chi connectivity index (χ4v) is 0.0645. The molecule has 0 spiro atoms. The number of hydroxylamine groups is 1. The van der Waals surface area contributed by atoms with E-state index in [4.69, 9.17) is 5.21 Å². The molecule has 0 bridgehead atoms. The van der Waals surface area contributed by atoms with E-state index in [1.165, 1.54) is 0 Å². The number of nitrogens with one attached hydrogen (secondary N) is 1. The van der Waals surface area contributed by atoms with E-state index in [9.17, 15) is 0 Å². The van der Waals surface area contributed by atoms with Gasteiger partial charge in [0.1, 0.15) is 0 Å². The summed E-state index contributed by atoms with van der Waals surface area (Å²) < 4.78 is 0. The van der Waals surface area contributed by atoms with Crippen LogP contribution in [0.25, 0.3) is 0 Å². The topological polar surface area (TPSA) is 63.8 Å². The van der Waals surface area contributed by atoms with Gasteiger partial charge in [-0.1, -0.05) is 6.08 Å². The van der Waals surface area contributed by atoms with Crippen LogP contribution in [0.5, 0.6) is 0 Å². The molecule has 0 aromatic rings. The first kappa shape index (κ1) is 9.15. The average molecular weight is 91.1 g/mol. The smallest absolute Gasteiger partial charge is 0.0385 e.